The van der Waals surface area contributed by atoms with E-state index in [1.165, 1.54) is 6.07 Å². The second-order valence-electron chi connectivity index (χ2n) is 8.92. The molecule has 158 valence electrons. The molecule has 0 bridgehead atoms. The molecule has 4 rings (SSSR count). The summed E-state index contributed by atoms with van der Waals surface area (Å²) in [5, 5.41) is 31.7. The van der Waals surface area contributed by atoms with Crippen LogP contribution in [0, 0.1) is 18.7 Å². The van der Waals surface area contributed by atoms with Crippen molar-refractivity contribution in [1.29, 1.82) is 0 Å². The van der Waals surface area contributed by atoms with E-state index in [2.05, 4.69) is 0 Å². The average molecular weight is 411 g/mol. The van der Waals surface area contributed by atoms with E-state index in [-0.39, 0.29) is 23.9 Å². The minimum atomic E-state index is -1.06. The fraction of sp³-hybridized carbons (Fsp3) is 0.375. The Kier molecular flexibility index (Phi) is 4.85. The number of aliphatic carboxylic acids is 1. The van der Waals surface area contributed by atoms with Crippen LogP contribution in [-0.2, 0) is 11.2 Å². The number of carboxylic acid groups (broad SMARTS) is 1. The number of phenols is 1. The molecular weight excluding hydrogens is 385 g/mol. The summed E-state index contributed by atoms with van der Waals surface area (Å²) in [5.74, 6) is -1.87. The molecule has 0 radical (unpaired) electrons. The standard InChI is InChI=1S/C24H26FNO4/c1-13-11-14(7-10-17(13)25)26-18-5-4-6-20(27)22(18)21(19(26)12-24(2,3)30)15-8-9-16(15)23(28)29/h4-7,10-11,15-16,27,30H,8-9,12H2,1-3H3,(H,28,29). The van der Waals surface area contributed by atoms with Crippen LogP contribution in [0.2, 0.25) is 0 Å². The predicted molar refractivity (Wildman–Crippen MR) is 113 cm³/mol. The van der Waals surface area contributed by atoms with Crippen LogP contribution in [0.4, 0.5) is 4.39 Å². The van der Waals surface area contributed by atoms with E-state index >= 15 is 0 Å². The minimum Gasteiger partial charge on any atom is -0.507 e. The van der Waals surface area contributed by atoms with E-state index in [4.69, 9.17) is 0 Å². The zero-order valence-corrected chi connectivity index (χ0v) is 17.3. The van der Waals surface area contributed by atoms with Gasteiger partial charge in [-0.25, -0.2) is 4.39 Å². The van der Waals surface area contributed by atoms with Gasteiger partial charge in [-0.15, -0.1) is 0 Å². The SMILES string of the molecule is Cc1cc(-n2c(CC(C)(C)O)c(C3CCC3C(=O)O)c3c(O)cccc32)ccc1F. The number of benzene rings is 2. The van der Waals surface area contributed by atoms with Gasteiger partial charge in [-0.1, -0.05) is 6.07 Å². The van der Waals surface area contributed by atoms with E-state index in [0.717, 1.165) is 11.3 Å². The Morgan fingerprint density at radius 3 is 2.53 bits per heavy atom. The third kappa shape index (κ3) is 3.35. The molecule has 0 aliphatic heterocycles. The number of hydrogen-bond donors (Lipinski definition) is 3. The summed E-state index contributed by atoms with van der Waals surface area (Å²) in [4.78, 5) is 11.8. The smallest absolute Gasteiger partial charge is 0.307 e. The maximum Gasteiger partial charge on any atom is 0.307 e. The summed E-state index contributed by atoms with van der Waals surface area (Å²) in [7, 11) is 0. The van der Waals surface area contributed by atoms with Crippen molar-refractivity contribution in [2.45, 2.75) is 51.6 Å². The number of halogens is 1. The average Bonchev–Trinajstić information content (AvgIpc) is 2.89. The lowest BCUT2D eigenvalue weighted by Gasteiger charge is -2.35. The van der Waals surface area contributed by atoms with Gasteiger partial charge in [0.2, 0.25) is 0 Å². The van der Waals surface area contributed by atoms with Crippen molar-refractivity contribution in [3.63, 3.8) is 0 Å². The Bertz CT molecular complexity index is 1140. The Labute approximate surface area is 174 Å². The highest BCUT2D eigenvalue weighted by atomic mass is 19.1. The van der Waals surface area contributed by atoms with Crippen LogP contribution in [-0.4, -0.2) is 31.5 Å². The van der Waals surface area contributed by atoms with E-state index in [9.17, 15) is 24.5 Å². The molecule has 3 N–H and O–H groups in total. The van der Waals surface area contributed by atoms with Gasteiger partial charge >= 0.3 is 5.97 Å². The van der Waals surface area contributed by atoms with E-state index in [1.807, 2.05) is 10.6 Å². The molecule has 1 aromatic heterocycles. The predicted octanol–water partition coefficient (Wildman–Crippen LogP) is 4.68. The van der Waals surface area contributed by atoms with Gasteiger partial charge < -0.3 is 19.9 Å². The van der Waals surface area contributed by atoms with Crippen LogP contribution in [0.15, 0.2) is 36.4 Å². The highest BCUT2D eigenvalue weighted by Gasteiger charge is 2.42. The van der Waals surface area contributed by atoms with Crippen molar-refractivity contribution in [3.05, 3.63) is 59.0 Å². The Balaban J connectivity index is 2.07. The minimum absolute atomic E-state index is 0.0770. The molecule has 0 spiro atoms. The Hall–Kier alpha value is -2.86. The summed E-state index contributed by atoms with van der Waals surface area (Å²) < 4.78 is 15.9. The number of aliphatic hydroxyl groups is 1. The number of carbonyl (C=O) groups is 1. The Morgan fingerprint density at radius 1 is 1.23 bits per heavy atom. The van der Waals surface area contributed by atoms with E-state index < -0.39 is 17.5 Å². The fourth-order valence-electron chi connectivity index (χ4n) is 4.59. The molecule has 2 aromatic carbocycles. The third-order valence-electron chi connectivity index (χ3n) is 6.07. The molecule has 1 aliphatic rings. The summed E-state index contributed by atoms with van der Waals surface area (Å²) in [6, 6.07) is 9.98. The second kappa shape index (κ2) is 7.13. The number of hydrogen-bond acceptors (Lipinski definition) is 3. The van der Waals surface area contributed by atoms with Crippen molar-refractivity contribution < 1.29 is 24.5 Å². The summed E-state index contributed by atoms with van der Waals surface area (Å²) in [5.41, 5.74) is 2.37. The Morgan fingerprint density at radius 2 is 1.97 bits per heavy atom. The highest BCUT2D eigenvalue weighted by Crippen LogP contribution is 2.50. The number of aryl methyl sites for hydroxylation is 1. The van der Waals surface area contributed by atoms with Crippen LogP contribution >= 0.6 is 0 Å². The maximum atomic E-state index is 13.9. The molecule has 3 aromatic rings. The number of phenolic OH excluding ortho intramolecular Hbond substituents is 1. The first-order valence-electron chi connectivity index (χ1n) is 10.2. The molecule has 0 saturated heterocycles. The van der Waals surface area contributed by atoms with E-state index in [1.54, 1.807) is 45.0 Å². The van der Waals surface area contributed by atoms with Gasteiger partial charge in [-0.05, 0) is 81.0 Å². The van der Waals surface area contributed by atoms with Crippen LogP contribution in [0.3, 0.4) is 0 Å². The normalized spacial score (nSPS) is 19.1. The van der Waals surface area contributed by atoms with Gasteiger partial charge in [0, 0.05) is 23.2 Å². The second-order valence-corrected chi connectivity index (χ2v) is 8.92. The number of nitrogens with zero attached hydrogens (tertiary/aromatic N) is 1. The first-order chi connectivity index (χ1) is 14.1. The van der Waals surface area contributed by atoms with Gasteiger partial charge in [-0.2, -0.15) is 0 Å². The molecule has 1 saturated carbocycles. The molecule has 5 nitrogen and oxygen atoms in total. The molecule has 2 unspecified atom stereocenters. The summed E-state index contributed by atoms with van der Waals surface area (Å²) in [6.45, 7) is 5.08. The lowest BCUT2D eigenvalue weighted by Crippen LogP contribution is -2.32. The molecule has 1 aliphatic carbocycles. The quantitative estimate of drug-likeness (QED) is 0.570. The van der Waals surface area contributed by atoms with Crippen molar-refractivity contribution in [1.82, 2.24) is 4.57 Å². The maximum absolute atomic E-state index is 13.9. The van der Waals surface area contributed by atoms with E-state index in [0.29, 0.717) is 35.0 Å². The zero-order chi connectivity index (χ0) is 21.8. The number of rotatable bonds is 5. The molecule has 6 heteroatoms. The lowest BCUT2D eigenvalue weighted by molar-refractivity contribution is -0.145. The van der Waals surface area contributed by atoms with Crippen LogP contribution in [0.25, 0.3) is 16.6 Å². The van der Waals surface area contributed by atoms with Crippen molar-refractivity contribution in [2.24, 2.45) is 5.92 Å². The van der Waals surface area contributed by atoms with Gasteiger partial charge in [0.15, 0.2) is 0 Å². The summed E-state index contributed by atoms with van der Waals surface area (Å²) in [6.07, 6.45) is 1.54. The van der Waals surface area contributed by atoms with Gasteiger partial charge in [0.25, 0.3) is 0 Å². The van der Waals surface area contributed by atoms with Crippen LogP contribution in [0.1, 0.15) is 49.4 Å². The molecule has 1 heterocycles. The van der Waals surface area contributed by atoms with Gasteiger partial charge in [-0.3, -0.25) is 4.79 Å². The lowest BCUT2D eigenvalue weighted by atomic mass is 9.68. The molecule has 2 atom stereocenters. The van der Waals surface area contributed by atoms with Gasteiger partial charge in [0.1, 0.15) is 11.6 Å². The summed E-state index contributed by atoms with van der Waals surface area (Å²) >= 11 is 0. The first kappa shape index (κ1) is 20.4. The van der Waals surface area contributed by atoms with Crippen LogP contribution in [0.5, 0.6) is 5.75 Å². The zero-order valence-electron chi connectivity index (χ0n) is 17.3. The number of fused-ring (bicyclic) bond motifs is 1. The molecule has 30 heavy (non-hydrogen) atoms. The van der Waals surface area contributed by atoms with Crippen molar-refractivity contribution in [3.8, 4) is 11.4 Å². The third-order valence-corrected chi connectivity index (χ3v) is 6.07. The number of aromatic hydroxyl groups is 1. The topological polar surface area (TPSA) is 82.7 Å². The molecular formula is C24H26FNO4. The highest BCUT2D eigenvalue weighted by molar-refractivity contribution is 5.94. The largest absolute Gasteiger partial charge is 0.507 e. The van der Waals surface area contributed by atoms with Gasteiger partial charge in [0.05, 0.1) is 17.0 Å². The molecule has 0 amide bonds. The monoisotopic (exact) mass is 411 g/mol. The fourth-order valence-corrected chi connectivity index (χ4v) is 4.59. The number of aromatic nitrogens is 1. The van der Waals surface area contributed by atoms with Crippen LogP contribution < -0.4 is 0 Å². The first-order valence-corrected chi connectivity index (χ1v) is 10.2. The van der Waals surface area contributed by atoms with Crippen molar-refractivity contribution >= 4 is 16.9 Å². The number of carboxylic acids is 1. The van der Waals surface area contributed by atoms with Crippen molar-refractivity contribution in [2.75, 3.05) is 0 Å². The molecule has 1 fully saturated rings.